The summed E-state index contributed by atoms with van der Waals surface area (Å²) in [6.07, 6.45) is 1.02. The van der Waals surface area contributed by atoms with E-state index in [1.807, 2.05) is 6.92 Å². The Morgan fingerprint density at radius 2 is 2.27 bits per heavy atom. The summed E-state index contributed by atoms with van der Waals surface area (Å²) >= 11 is 1.41. The second-order valence-corrected chi connectivity index (χ2v) is 4.26. The maximum Gasteiger partial charge on any atom is 0.357 e. The topological polar surface area (TPSA) is 56.3 Å². The highest BCUT2D eigenvalue weighted by Crippen LogP contribution is 2.09. The molecule has 1 heterocycles. The van der Waals surface area contributed by atoms with E-state index in [0.29, 0.717) is 18.5 Å². The highest BCUT2D eigenvalue weighted by Gasteiger charge is 2.10. The number of ether oxygens (including phenoxy) is 1. The van der Waals surface area contributed by atoms with Crippen LogP contribution in [0.25, 0.3) is 0 Å². The van der Waals surface area contributed by atoms with Gasteiger partial charge in [-0.3, -0.25) is 0 Å². The lowest BCUT2D eigenvalue weighted by molar-refractivity contribution is -0.117. The van der Waals surface area contributed by atoms with Crippen molar-refractivity contribution in [3.05, 3.63) is 16.1 Å². The van der Waals surface area contributed by atoms with Crippen molar-refractivity contribution in [1.82, 2.24) is 4.98 Å². The van der Waals surface area contributed by atoms with Gasteiger partial charge in [0, 0.05) is 11.8 Å². The standard InChI is InChI=1S/C10H13NO3S/c1-7(12)4-3-5-14-10(13)9-6-15-8(2)11-9/h6H,3-5H2,1-2H3. The monoisotopic (exact) mass is 227 g/mol. The van der Waals surface area contributed by atoms with Gasteiger partial charge in [-0.05, 0) is 20.3 Å². The van der Waals surface area contributed by atoms with Crippen molar-refractivity contribution in [2.75, 3.05) is 6.61 Å². The Balaban J connectivity index is 2.28. The van der Waals surface area contributed by atoms with Gasteiger partial charge in [0.05, 0.1) is 11.6 Å². The number of esters is 1. The molecule has 4 nitrogen and oxygen atoms in total. The number of ketones is 1. The number of carbonyl (C=O) groups is 2. The Morgan fingerprint density at radius 3 is 2.80 bits per heavy atom. The fourth-order valence-electron chi connectivity index (χ4n) is 1.02. The normalized spacial score (nSPS) is 10.0. The minimum atomic E-state index is -0.414. The third kappa shape index (κ3) is 4.20. The lowest BCUT2D eigenvalue weighted by atomic mass is 10.2. The minimum absolute atomic E-state index is 0.107. The molecule has 5 heteroatoms. The first-order chi connectivity index (χ1) is 7.09. The first kappa shape index (κ1) is 11.8. The highest BCUT2D eigenvalue weighted by molar-refractivity contribution is 7.09. The van der Waals surface area contributed by atoms with Crippen LogP contribution in [0.15, 0.2) is 5.38 Å². The van der Waals surface area contributed by atoms with Crippen LogP contribution in [0.1, 0.15) is 35.3 Å². The van der Waals surface area contributed by atoms with Crippen molar-refractivity contribution >= 4 is 23.1 Å². The Hall–Kier alpha value is -1.23. The second-order valence-electron chi connectivity index (χ2n) is 3.19. The van der Waals surface area contributed by atoms with E-state index >= 15 is 0 Å². The third-order valence-corrected chi connectivity index (χ3v) is 2.51. The third-order valence-electron chi connectivity index (χ3n) is 1.73. The molecule has 0 aliphatic heterocycles. The maximum atomic E-state index is 11.3. The van der Waals surface area contributed by atoms with Gasteiger partial charge in [0.2, 0.25) is 0 Å². The largest absolute Gasteiger partial charge is 0.461 e. The molecular weight excluding hydrogens is 214 g/mol. The molecule has 1 aromatic rings. The molecule has 0 bridgehead atoms. The van der Waals surface area contributed by atoms with Crippen LogP contribution in [0, 0.1) is 6.92 Å². The molecule has 0 atom stereocenters. The van der Waals surface area contributed by atoms with Crippen molar-refractivity contribution in [2.45, 2.75) is 26.7 Å². The second kappa shape index (κ2) is 5.60. The number of rotatable bonds is 5. The van der Waals surface area contributed by atoms with Crippen LogP contribution in [-0.2, 0) is 9.53 Å². The van der Waals surface area contributed by atoms with Gasteiger partial charge in [0.1, 0.15) is 5.78 Å². The van der Waals surface area contributed by atoms with Crippen molar-refractivity contribution in [1.29, 1.82) is 0 Å². The average Bonchev–Trinajstić information content (AvgIpc) is 2.59. The van der Waals surface area contributed by atoms with Gasteiger partial charge in [-0.1, -0.05) is 0 Å². The van der Waals surface area contributed by atoms with Gasteiger partial charge in [0.15, 0.2) is 5.69 Å². The number of hydrogen-bond acceptors (Lipinski definition) is 5. The van der Waals surface area contributed by atoms with Gasteiger partial charge < -0.3 is 9.53 Å². The average molecular weight is 227 g/mol. The van der Waals surface area contributed by atoms with Crippen LogP contribution in [-0.4, -0.2) is 23.3 Å². The summed E-state index contributed by atoms with van der Waals surface area (Å²) < 4.78 is 4.94. The number of aryl methyl sites for hydroxylation is 1. The molecule has 0 radical (unpaired) electrons. The Bertz CT molecular complexity index is 359. The molecule has 1 aromatic heterocycles. The summed E-state index contributed by atoms with van der Waals surface area (Å²) in [5, 5.41) is 2.51. The SMILES string of the molecule is CC(=O)CCCOC(=O)c1csc(C)n1. The molecular formula is C10H13NO3S. The molecule has 0 aromatic carbocycles. The van der Waals surface area contributed by atoms with E-state index in [2.05, 4.69) is 4.98 Å². The Labute approximate surface area is 92.3 Å². The van der Waals surface area contributed by atoms with Gasteiger partial charge in [-0.15, -0.1) is 11.3 Å². The Kier molecular flexibility index (Phi) is 4.42. The zero-order chi connectivity index (χ0) is 11.3. The number of Topliss-reactive ketones (excluding diaryl/α,β-unsaturated/α-hetero) is 1. The summed E-state index contributed by atoms with van der Waals surface area (Å²) in [4.78, 5) is 26.0. The van der Waals surface area contributed by atoms with E-state index in [9.17, 15) is 9.59 Å². The lowest BCUT2D eigenvalue weighted by Gasteiger charge is -2.00. The molecule has 0 aliphatic carbocycles. The van der Waals surface area contributed by atoms with Crippen LogP contribution in [0.4, 0.5) is 0 Å². The summed E-state index contributed by atoms with van der Waals surface area (Å²) in [5.41, 5.74) is 0.348. The van der Waals surface area contributed by atoms with E-state index in [-0.39, 0.29) is 12.4 Å². The Morgan fingerprint density at radius 1 is 1.53 bits per heavy atom. The molecule has 0 fully saturated rings. The van der Waals surface area contributed by atoms with Crippen LogP contribution < -0.4 is 0 Å². The first-order valence-corrected chi connectivity index (χ1v) is 5.56. The van der Waals surface area contributed by atoms with Crippen LogP contribution in [0.5, 0.6) is 0 Å². The smallest absolute Gasteiger partial charge is 0.357 e. The number of carbonyl (C=O) groups excluding carboxylic acids is 2. The van der Waals surface area contributed by atoms with Crippen LogP contribution in [0.2, 0.25) is 0 Å². The molecule has 0 unspecified atom stereocenters. The van der Waals surface area contributed by atoms with Gasteiger partial charge in [0.25, 0.3) is 0 Å². The summed E-state index contributed by atoms with van der Waals surface area (Å²) in [6.45, 7) is 3.62. The summed E-state index contributed by atoms with van der Waals surface area (Å²) in [6, 6.07) is 0. The number of nitrogens with zero attached hydrogens (tertiary/aromatic N) is 1. The summed E-state index contributed by atoms with van der Waals surface area (Å²) in [5.74, 6) is -0.307. The lowest BCUT2D eigenvalue weighted by Crippen LogP contribution is -2.07. The molecule has 0 spiro atoms. The van der Waals surface area contributed by atoms with Crippen molar-refractivity contribution in [3.63, 3.8) is 0 Å². The number of aromatic nitrogens is 1. The molecule has 0 saturated heterocycles. The molecule has 0 N–H and O–H groups in total. The summed E-state index contributed by atoms with van der Waals surface area (Å²) in [7, 11) is 0. The van der Waals surface area contributed by atoms with E-state index < -0.39 is 5.97 Å². The highest BCUT2D eigenvalue weighted by atomic mass is 32.1. The van der Waals surface area contributed by atoms with Crippen LogP contribution in [0.3, 0.4) is 0 Å². The van der Waals surface area contributed by atoms with E-state index in [0.717, 1.165) is 5.01 Å². The number of thiazole rings is 1. The van der Waals surface area contributed by atoms with E-state index in [1.165, 1.54) is 18.3 Å². The zero-order valence-corrected chi connectivity index (χ0v) is 9.60. The molecule has 0 saturated carbocycles. The van der Waals surface area contributed by atoms with E-state index in [4.69, 9.17) is 4.74 Å². The quantitative estimate of drug-likeness (QED) is 0.570. The van der Waals surface area contributed by atoms with Crippen LogP contribution >= 0.6 is 11.3 Å². The predicted molar refractivity (Wildman–Crippen MR) is 57.0 cm³/mol. The first-order valence-electron chi connectivity index (χ1n) is 4.68. The molecule has 1 rings (SSSR count). The van der Waals surface area contributed by atoms with Crippen molar-refractivity contribution < 1.29 is 14.3 Å². The minimum Gasteiger partial charge on any atom is -0.461 e. The maximum absolute atomic E-state index is 11.3. The van der Waals surface area contributed by atoms with Crippen molar-refractivity contribution in [3.8, 4) is 0 Å². The zero-order valence-electron chi connectivity index (χ0n) is 8.78. The predicted octanol–water partition coefficient (Wildman–Crippen LogP) is 1.98. The molecule has 0 aliphatic rings. The number of hydrogen-bond donors (Lipinski definition) is 0. The molecule has 15 heavy (non-hydrogen) atoms. The van der Waals surface area contributed by atoms with Gasteiger partial charge >= 0.3 is 5.97 Å². The van der Waals surface area contributed by atoms with Gasteiger partial charge in [-0.2, -0.15) is 0 Å². The fraction of sp³-hybridized carbons (Fsp3) is 0.500. The fourth-order valence-corrected chi connectivity index (χ4v) is 1.60. The molecule has 0 amide bonds. The van der Waals surface area contributed by atoms with E-state index in [1.54, 1.807) is 5.38 Å². The molecule has 82 valence electrons. The van der Waals surface area contributed by atoms with Gasteiger partial charge in [-0.25, -0.2) is 9.78 Å². The van der Waals surface area contributed by atoms with Crippen molar-refractivity contribution in [2.24, 2.45) is 0 Å².